The summed E-state index contributed by atoms with van der Waals surface area (Å²) in [5, 5.41) is 0. The first-order valence-corrected chi connectivity index (χ1v) is 35.9. The van der Waals surface area contributed by atoms with Crippen LogP contribution in [0.15, 0.2) is 72.9 Å². The molecule has 0 saturated carbocycles. The second-order valence-electron chi connectivity index (χ2n) is 24.1. The average Bonchev–Trinajstić information content (AvgIpc) is 3.47. The van der Waals surface area contributed by atoms with Crippen LogP contribution in [0, 0.1) is 0 Å². The molecule has 82 heavy (non-hydrogen) atoms. The van der Waals surface area contributed by atoms with Gasteiger partial charge in [-0.1, -0.05) is 312 Å². The van der Waals surface area contributed by atoms with E-state index < -0.39 is 6.10 Å². The van der Waals surface area contributed by atoms with E-state index in [1.165, 1.54) is 244 Å². The van der Waals surface area contributed by atoms with Gasteiger partial charge >= 0.3 is 17.9 Å². The van der Waals surface area contributed by atoms with Crippen LogP contribution in [-0.2, 0) is 28.6 Å². The molecule has 0 radical (unpaired) electrons. The highest BCUT2D eigenvalue weighted by molar-refractivity contribution is 5.71. The van der Waals surface area contributed by atoms with Crippen molar-refractivity contribution in [3.63, 3.8) is 0 Å². The molecule has 0 aromatic rings. The van der Waals surface area contributed by atoms with Gasteiger partial charge in [0.1, 0.15) is 13.2 Å². The summed E-state index contributed by atoms with van der Waals surface area (Å²) in [5.41, 5.74) is 0. The van der Waals surface area contributed by atoms with Crippen LogP contribution in [0.5, 0.6) is 0 Å². The fourth-order valence-electron chi connectivity index (χ4n) is 10.5. The fraction of sp³-hybridized carbons (Fsp3) is 0.803. The second-order valence-corrected chi connectivity index (χ2v) is 24.1. The lowest BCUT2D eigenvalue weighted by atomic mass is 10.0. The molecule has 0 saturated heterocycles. The molecule has 0 aromatic carbocycles. The molecule has 476 valence electrons. The molecule has 0 heterocycles. The van der Waals surface area contributed by atoms with E-state index >= 15 is 0 Å². The number of esters is 3. The van der Waals surface area contributed by atoms with E-state index in [9.17, 15) is 14.4 Å². The van der Waals surface area contributed by atoms with E-state index in [4.69, 9.17) is 14.2 Å². The van der Waals surface area contributed by atoms with Gasteiger partial charge in [0.15, 0.2) is 6.10 Å². The molecule has 0 amide bonds. The van der Waals surface area contributed by atoms with E-state index in [-0.39, 0.29) is 31.1 Å². The summed E-state index contributed by atoms with van der Waals surface area (Å²) in [6.07, 6.45) is 92.1. The highest BCUT2D eigenvalue weighted by Crippen LogP contribution is 2.17. The normalized spacial score (nSPS) is 12.5. The molecule has 0 N–H and O–H groups in total. The van der Waals surface area contributed by atoms with Gasteiger partial charge < -0.3 is 14.2 Å². The van der Waals surface area contributed by atoms with Gasteiger partial charge in [-0.3, -0.25) is 14.4 Å². The molecule has 0 aliphatic heterocycles. The largest absolute Gasteiger partial charge is 0.462 e. The number of carbonyl (C=O) groups is 3. The van der Waals surface area contributed by atoms with Crippen molar-refractivity contribution in [3.8, 4) is 0 Å². The first-order chi connectivity index (χ1) is 40.5. The Morgan fingerprint density at radius 2 is 0.439 bits per heavy atom. The molecule has 0 aromatic heterocycles. The quantitative estimate of drug-likeness (QED) is 0.0261. The maximum absolute atomic E-state index is 12.9. The molecule has 6 heteroatoms. The Morgan fingerprint density at radius 1 is 0.244 bits per heavy atom. The van der Waals surface area contributed by atoms with Crippen LogP contribution in [0.25, 0.3) is 0 Å². The van der Waals surface area contributed by atoms with Crippen molar-refractivity contribution in [3.05, 3.63) is 72.9 Å². The summed E-state index contributed by atoms with van der Waals surface area (Å²) in [4.78, 5) is 38.5. The SMILES string of the molecule is CCCCC/C=C\C/C=C\CCCCCCCCCC(=O)OCC(COC(=O)CCCCCCCCCCCCCCCCCCC/C=C\C/C=C\CCCCCCC)OC(=O)CCCCCCCCC/C=C\C/C=C\CCCCCC. The number of hydrogen-bond acceptors (Lipinski definition) is 6. The topological polar surface area (TPSA) is 78.9 Å². The second kappa shape index (κ2) is 70.3. The Kier molecular flexibility index (Phi) is 67.6. The predicted octanol–water partition coefficient (Wildman–Crippen LogP) is 24.8. The third-order valence-electron chi connectivity index (χ3n) is 15.9. The maximum atomic E-state index is 12.9. The van der Waals surface area contributed by atoms with Gasteiger partial charge in [-0.25, -0.2) is 0 Å². The zero-order valence-corrected chi connectivity index (χ0v) is 54.8. The lowest BCUT2D eigenvalue weighted by molar-refractivity contribution is -0.167. The van der Waals surface area contributed by atoms with Crippen molar-refractivity contribution >= 4 is 17.9 Å². The Labute approximate surface area is 510 Å². The summed E-state index contributed by atoms with van der Waals surface area (Å²) < 4.78 is 17.0. The molecule has 0 aliphatic carbocycles. The van der Waals surface area contributed by atoms with Crippen molar-refractivity contribution in [1.82, 2.24) is 0 Å². The number of allylic oxidation sites excluding steroid dienone is 12. The van der Waals surface area contributed by atoms with Crippen molar-refractivity contribution < 1.29 is 28.6 Å². The Bertz CT molecular complexity index is 1500. The highest BCUT2D eigenvalue weighted by Gasteiger charge is 2.19. The van der Waals surface area contributed by atoms with Crippen LogP contribution in [0.2, 0.25) is 0 Å². The number of unbranched alkanes of at least 4 members (excludes halogenated alkanes) is 43. The molecular weight excluding hydrogens is 1010 g/mol. The summed E-state index contributed by atoms with van der Waals surface area (Å²) >= 11 is 0. The zero-order valence-electron chi connectivity index (χ0n) is 54.8. The van der Waals surface area contributed by atoms with Gasteiger partial charge in [-0.15, -0.1) is 0 Å². The van der Waals surface area contributed by atoms with E-state index in [2.05, 4.69) is 93.7 Å². The van der Waals surface area contributed by atoms with Crippen LogP contribution < -0.4 is 0 Å². The van der Waals surface area contributed by atoms with E-state index in [0.717, 1.165) is 89.9 Å². The van der Waals surface area contributed by atoms with Gasteiger partial charge in [0.05, 0.1) is 0 Å². The standard InChI is InChI=1S/C76H136O6/c1-4-7-10-13-16-19-22-25-28-31-33-34-35-36-37-38-39-40-41-42-43-46-48-51-54-57-60-63-66-69-75(78)81-72-73(71-80-74(77)68-65-62-59-56-53-50-47-44-30-27-24-21-18-15-12-9-6-3)82-76(79)70-67-64-61-58-55-52-49-45-32-29-26-23-20-17-14-11-8-5-2/h18,20-23,25,27,29-33,73H,4-17,19,24,26,28,34-72H2,1-3H3/b21-18-,23-20-,25-22-,30-27-,32-29-,33-31-. The van der Waals surface area contributed by atoms with E-state index in [0.29, 0.717) is 19.3 Å². The summed E-state index contributed by atoms with van der Waals surface area (Å²) in [5.74, 6) is -0.873. The summed E-state index contributed by atoms with van der Waals surface area (Å²) in [6.45, 7) is 6.63. The van der Waals surface area contributed by atoms with Gasteiger partial charge in [0, 0.05) is 19.3 Å². The third-order valence-corrected chi connectivity index (χ3v) is 15.9. The molecule has 0 rings (SSSR count). The molecular formula is C76H136O6. The van der Waals surface area contributed by atoms with Gasteiger partial charge in [-0.05, 0) is 116 Å². The number of rotatable bonds is 66. The first-order valence-electron chi connectivity index (χ1n) is 35.9. The monoisotopic (exact) mass is 1150 g/mol. The lowest BCUT2D eigenvalue weighted by Gasteiger charge is -2.18. The van der Waals surface area contributed by atoms with Gasteiger partial charge in [-0.2, -0.15) is 0 Å². The average molecular weight is 1150 g/mol. The van der Waals surface area contributed by atoms with Gasteiger partial charge in [0.25, 0.3) is 0 Å². The number of carbonyl (C=O) groups excluding carboxylic acids is 3. The summed E-state index contributed by atoms with van der Waals surface area (Å²) in [7, 11) is 0. The Balaban J connectivity index is 4.27. The molecule has 1 atom stereocenters. The van der Waals surface area contributed by atoms with Crippen LogP contribution in [-0.4, -0.2) is 37.2 Å². The minimum atomic E-state index is -0.784. The highest BCUT2D eigenvalue weighted by atomic mass is 16.6. The van der Waals surface area contributed by atoms with Crippen molar-refractivity contribution in [2.75, 3.05) is 13.2 Å². The molecule has 1 unspecified atom stereocenters. The van der Waals surface area contributed by atoms with Crippen molar-refractivity contribution in [2.24, 2.45) is 0 Å². The van der Waals surface area contributed by atoms with Gasteiger partial charge in [0.2, 0.25) is 0 Å². The zero-order chi connectivity index (χ0) is 59.2. The number of hydrogen-bond donors (Lipinski definition) is 0. The molecule has 6 nitrogen and oxygen atoms in total. The van der Waals surface area contributed by atoms with Crippen LogP contribution in [0.1, 0.15) is 374 Å². The minimum Gasteiger partial charge on any atom is -0.462 e. The molecule has 0 spiro atoms. The van der Waals surface area contributed by atoms with E-state index in [1.54, 1.807) is 0 Å². The van der Waals surface area contributed by atoms with Crippen molar-refractivity contribution in [1.29, 1.82) is 0 Å². The van der Waals surface area contributed by atoms with Crippen LogP contribution in [0.3, 0.4) is 0 Å². The Morgan fingerprint density at radius 3 is 0.707 bits per heavy atom. The van der Waals surface area contributed by atoms with E-state index in [1.807, 2.05) is 0 Å². The van der Waals surface area contributed by atoms with Crippen molar-refractivity contribution in [2.45, 2.75) is 380 Å². The smallest absolute Gasteiger partial charge is 0.306 e. The third kappa shape index (κ3) is 67.6. The lowest BCUT2D eigenvalue weighted by Crippen LogP contribution is -2.30. The Hall–Kier alpha value is -3.15. The minimum absolute atomic E-state index is 0.0782. The van der Waals surface area contributed by atoms with Crippen LogP contribution in [0.4, 0.5) is 0 Å². The molecule has 0 fully saturated rings. The fourth-order valence-corrected chi connectivity index (χ4v) is 10.5. The predicted molar refractivity (Wildman–Crippen MR) is 358 cm³/mol. The molecule has 0 aliphatic rings. The number of ether oxygens (including phenoxy) is 3. The first kappa shape index (κ1) is 78.8. The summed E-state index contributed by atoms with van der Waals surface area (Å²) in [6, 6.07) is 0. The maximum Gasteiger partial charge on any atom is 0.306 e. The van der Waals surface area contributed by atoms with Crippen LogP contribution >= 0.6 is 0 Å². The molecule has 0 bridgehead atoms.